The lowest BCUT2D eigenvalue weighted by molar-refractivity contribution is -0.384. The van der Waals surface area contributed by atoms with Crippen molar-refractivity contribution < 1.29 is 24.0 Å². The predicted molar refractivity (Wildman–Crippen MR) is 117 cm³/mol. The number of halogens is 2. The van der Waals surface area contributed by atoms with E-state index in [0.29, 0.717) is 28.8 Å². The van der Waals surface area contributed by atoms with E-state index in [4.69, 9.17) is 27.9 Å². The number of nitrogens with one attached hydrogen (secondary N) is 1. The van der Waals surface area contributed by atoms with Crippen LogP contribution in [0.5, 0.6) is 5.75 Å². The molecule has 0 atom stereocenters. The Balaban J connectivity index is 1.72. The molecule has 1 N–H and O–H groups in total. The Morgan fingerprint density at radius 3 is 2.61 bits per heavy atom. The second-order valence-corrected chi connectivity index (χ2v) is 7.94. The highest BCUT2D eigenvalue weighted by Crippen LogP contribution is 2.34. The monoisotopic (exact) mass is 481 g/mol. The van der Waals surface area contributed by atoms with E-state index in [0.717, 1.165) is 4.90 Å². The van der Waals surface area contributed by atoms with Crippen molar-refractivity contribution in [2.24, 2.45) is 0 Å². The smallest absolute Gasteiger partial charge is 0.294 e. The molecule has 1 fully saturated rings. The average Bonchev–Trinajstić information content (AvgIpc) is 2.96. The number of nitrogens with zero attached hydrogens (tertiary/aromatic N) is 2. The van der Waals surface area contributed by atoms with Gasteiger partial charge in [0.1, 0.15) is 17.3 Å². The zero-order valence-electron chi connectivity index (χ0n) is 15.8. The molecule has 1 saturated heterocycles. The van der Waals surface area contributed by atoms with Crippen molar-refractivity contribution in [2.75, 3.05) is 19.0 Å². The van der Waals surface area contributed by atoms with Crippen LogP contribution in [0.4, 0.5) is 16.2 Å². The van der Waals surface area contributed by atoms with Gasteiger partial charge in [-0.05, 0) is 47.7 Å². The lowest BCUT2D eigenvalue weighted by Crippen LogP contribution is -2.36. The van der Waals surface area contributed by atoms with Gasteiger partial charge in [-0.3, -0.25) is 29.4 Å². The van der Waals surface area contributed by atoms with Gasteiger partial charge in [0.2, 0.25) is 5.91 Å². The lowest BCUT2D eigenvalue weighted by atomic mass is 10.2. The van der Waals surface area contributed by atoms with Gasteiger partial charge in [-0.1, -0.05) is 29.3 Å². The number of hydrogen-bond donors (Lipinski definition) is 1. The first-order valence-electron chi connectivity index (χ1n) is 8.52. The van der Waals surface area contributed by atoms with Gasteiger partial charge in [0.15, 0.2) is 0 Å². The number of ether oxygens (including phenoxy) is 1. The highest BCUT2D eigenvalue weighted by molar-refractivity contribution is 8.18. The van der Waals surface area contributed by atoms with Crippen LogP contribution in [0.25, 0.3) is 6.08 Å². The quantitative estimate of drug-likeness (QED) is 0.364. The van der Waals surface area contributed by atoms with E-state index in [-0.39, 0.29) is 20.6 Å². The highest BCUT2D eigenvalue weighted by Gasteiger charge is 2.36. The number of rotatable bonds is 6. The molecule has 0 saturated carbocycles. The summed E-state index contributed by atoms with van der Waals surface area (Å²) in [6.07, 6.45) is 1.33. The van der Waals surface area contributed by atoms with Crippen LogP contribution in [0.15, 0.2) is 41.3 Å². The minimum atomic E-state index is -0.685. The molecule has 3 amide bonds. The SMILES string of the molecule is COc1ccc(NC(=O)CN2C(=O)SC(=Cc3ccc(Cl)c([N+](=O)[O-])c3)C2=O)cc1Cl. The summed E-state index contributed by atoms with van der Waals surface area (Å²) < 4.78 is 5.03. The maximum absolute atomic E-state index is 12.6. The fourth-order valence-electron chi connectivity index (χ4n) is 2.64. The third kappa shape index (κ3) is 5.16. The molecule has 0 aliphatic carbocycles. The number of thioether (sulfide) groups is 1. The van der Waals surface area contributed by atoms with Gasteiger partial charge in [0, 0.05) is 11.8 Å². The van der Waals surface area contributed by atoms with Gasteiger partial charge in [-0.2, -0.15) is 0 Å². The second-order valence-electron chi connectivity index (χ2n) is 6.13. The van der Waals surface area contributed by atoms with Crippen LogP contribution in [0, 0.1) is 10.1 Å². The van der Waals surface area contributed by atoms with Crippen molar-refractivity contribution in [1.29, 1.82) is 0 Å². The van der Waals surface area contributed by atoms with E-state index in [1.165, 1.54) is 37.5 Å². The molecule has 160 valence electrons. The molecule has 0 bridgehead atoms. The summed E-state index contributed by atoms with van der Waals surface area (Å²) in [5.41, 5.74) is 0.359. The van der Waals surface area contributed by atoms with Crippen molar-refractivity contribution in [3.8, 4) is 5.75 Å². The van der Waals surface area contributed by atoms with E-state index in [2.05, 4.69) is 5.32 Å². The van der Waals surface area contributed by atoms with Crippen molar-refractivity contribution in [3.05, 3.63) is 67.0 Å². The lowest BCUT2D eigenvalue weighted by Gasteiger charge is -2.13. The van der Waals surface area contributed by atoms with Crippen LogP contribution >= 0.6 is 35.0 Å². The number of anilines is 1. The van der Waals surface area contributed by atoms with Gasteiger partial charge >= 0.3 is 0 Å². The third-order valence-corrected chi connectivity index (χ3v) is 5.60. The number of carbonyl (C=O) groups excluding carboxylic acids is 3. The Hall–Kier alpha value is -3.08. The third-order valence-electron chi connectivity index (χ3n) is 4.08. The number of amides is 3. The molecule has 2 aromatic rings. The van der Waals surface area contributed by atoms with Gasteiger partial charge in [0.25, 0.3) is 16.8 Å². The van der Waals surface area contributed by atoms with E-state index in [1.54, 1.807) is 12.1 Å². The number of nitro benzene ring substituents is 1. The van der Waals surface area contributed by atoms with Crippen molar-refractivity contribution in [3.63, 3.8) is 0 Å². The van der Waals surface area contributed by atoms with Gasteiger partial charge in [-0.25, -0.2) is 0 Å². The zero-order chi connectivity index (χ0) is 22.7. The summed E-state index contributed by atoms with van der Waals surface area (Å²) in [5, 5.41) is 13.2. The molecule has 2 aromatic carbocycles. The maximum atomic E-state index is 12.6. The van der Waals surface area contributed by atoms with Crippen LogP contribution in [-0.2, 0) is 9.59 Å². The Kier molecular flexibility index (Phi) is 6.84. The van der Waals surface area contributed by atoms with Gasteiger partial charge in [-0.15, -0.1) is 0 Å². The fraction of sp³-hybridized carbons (Fsp3) is 0.105. The molecule has 31 heavy (non-hydrogen) atoms. The number of hydrogen-bond acceptors (Lipinski definition) is 7. The standard InChI is InChI=1S/C19H13Cl2N3O6S/c1-30-15-5-3-11(8-13(15)21)22-17(25)9-23-18(26)16(31-19(23)27)7-10-2-4-12(20)14(6-10)24(28)29/h2-8H,9H2,1H3,(H,22,25). The molecule has 1 aliphatic heterocycles. The van der Waals surface area contributed by atoms with E-state index >= 15 is 0 Å². The van der Waals surface area contributed by atoms with E-state index < -0.39 is 28.5 Å². The number of methoxy groups -OCH3 is 1. The van der Waals surface area contributed by atoms with Crippen LogP contribution in [-0.4, -0.2) is 40.5 Å². The minimum Gasteiger partial charge on any atom is -0.495 e. The van der Waals surface area contributed by atoms with Crippen LogP contribution in [0.3, 0.4) is 0 Å². The summed E-state index contributed by atoms with van der Waals surface area (Å²) in [6, 6.07) is 8.58. The van der Waals surface area contributed by atoms with Crippen LogP contribution in [0.2, 0.25) is 10.0 Å². The molecule has 0 radical (unpaired) electrons. The highest BCUT2D eigenvalue weighted by atomic mass is 35.5. The first kappa shape index (κ1) is 22.6. The molecule has 0 spiro atoms. The van der Waals surface area contributed by atoms with Gasteiger partial charge < -0.3 is 10.1 Å². The molecular weight excluding hydrogens is 469 g/mol. The normalized spacial score (nSPS) is 14.8. The summed E-state index contributed by atoms with van der Waals surface area (Å²) in [6.45, 7) is -0.508. The largest absolute Gasteiger partial charge is 0.495 e. The molecule has 9 nitrogen and oxygen atoms in total. The first-order chi connectivity index (χ1) is 14.7. The van der Waals surface area contributed by atoms with Gasteiger partial charge in [0.05, 0.1) is 22.0 Å². The summed E-state index contributed by atoms with van der Waals surface area (Å²) in [7, 11) is 1.45. The number of carbonyl (C=O) groups is 3. The average molecular weight is 482 g/mol. The van der Waals surface area contributed by atoms with Crippen molar-refractivity contribution in [1.82, 2.24) is 4.90 Å². The number of imide groups is 1. The summed E-state index contributed by atoms with van der Waals surface area (Å²) >= 11 is 12.4. The molecule has 0 aromatic heterocycles. The molecular formula is C19H13Cl2N3O6S. The Bertz CT molecular complexity index is 1140. The molecule has 12 heteroatoms. The fourth-order valence-corrected chi connectivity index (χ4v) is 3.92. The molecule has 3 rings (SSSR count). The second kappa shape index (κ2) is 9.38. The zero-order valence-corrected chi connectivity index (χ0v) is 18.1. The molecule has 1 aliphatic rings. The number of nitro groups is 1. The Morgan fingerprint density at radius 2 is 1.97 bits per heavy atom. The van der Waals surface area contributed by atoms with Crippen molar-refractivity contribution in [2.45, 2.75) is 0 Å². The van der Waals surface area contributed by atoms with Crippen LogP contribution in [0.1, 0.15) is 5.56 Å². The van der Waals surface area contributed by atoms with E-state index in [9.17, 15) is 24.5 Å². The predicted octanol–water partition coefficient (Wildman–Crippen LogP) is 4.59. The maximum Gasteiger partial charge on any atom is 0.294 e. The summed E-state index contributed by atoms with van der Waals surface area (Å²) in [4.78, 5) is 48.3. The van der Waals surface area contributed by atoms with Crippen molar-refractivity contribution >= 4 is 69.5 Å². The Morgan fingerprint density at radius 1 is 1.23 bits per heavy atom. The number of benzene rings is 2. The van der Waals surface area contributed by atoms with Crippen LogP contribution < -0.4 is 10.1 Å². The molecule has 1 heterocycles. The Labute approximate surface area is 190 Å². The topological polar surface area (TPSA) is 119 Å². The first-order valence-corrected chi connectivity index (χ1v) is 10.1. The van der Waals surface area contributed by atoms with E-state index in [1.807, 2.05) is 0 Å². The summed E-state index contributed by atoms with van der Waals surface area (Å²) in [5.74, 6) is -0.861. The molecule has 0 unspecified atom stereocenters. The minimum absolute atomic E-state index is 0.0295.